The van der Waals surface area contributed by atoms with Crippen molar-refractivity contribution < 1.29 is 14.3 Å². The van der Waals surface area contributed by atoms with Gasteiger partial charge >= 0.3 is 0 Å². The molecule has 0 bridgehead atoms. The third kappa shape index (κ3) is 3.14. The van der Waals surface area contributed by atoms with Gasteiger partial charge < -0.3 is 9.47 Å². The summed E-state index contributed by atoms with van der Waals surface area (Å²) in [5.41, 5.74) is 0.462. The predicted molar refractivity (Wildman–Crippen MR) is 51.6 cm³/mol. The summed E-state index contributed by atoms with van der Waals surface area (Å²) in [7, 11) is 0. The van der Waals surface area contributed by atoms with Crippen LogP contribution in [-0.2, 0) is 4.74 Å². The molecule has 0 aliphatic rings. The highest BCUT2D eigenvalue weighted by Gasteiger charge is 2.01. The van der Waals surface area contributed by atoms with Gasteiger partial charge in [-0.05, 0) is 19.1 Å². The fraction of sp³-hybridized carbons (Fsp3) is 0.400. The number of hydrogen-bond acceptors (Lipinski definition) is 4. The molecule has 0 aliphatic carbocycles. The Morgan fingerprint density at radius 1 is 1.50 bits per heavy atom. The van der Waals surface area contributed by atoms with Crippen LogP contribution in [0, 0.1) is 0 Å². The number of pyridine rings is 1. The van der Waals surface area contributed by atoms with E-state index in [1.54, 1.807) is 18.3 Å². The van der Waals surface area contributed by atoms with Gasteiger partial charge in [-0.25, -0.2) is 4.98 Å². The molecule has 0 unspecified atom stereocenters. The second-order valence-corrected chi connectivity index (χ2v) is 2.56. The number of carbonyl (C=O) groups excluding carboxylic acids is 1. The molecule has 1 aromatic heterocycles. The van der Waals surface area contributed by atoms with Crippen LogP contribution >= 0.6 is 0 Å². The zero-order valence-corrected chi connectivity index (χ0v) is 8.10. The first kappa shape index (κ1) is 10.7. The molecule has 14 heavy (non-hydrogen) atoms. The normalized spacial score (nSPS) is 9.79. The molecule has 0 spiro atoms. The fourth-order valence-corrected chi connectivity index (χ4v) is 0.955. The average Bonchev–Trinajstić information content (AvgIpc) is 2.25. The van der Waals surface area contributed by atoms with Gasteiger partial charge in [0.2, 0.25) is 5.88 Å². The Hall–Kier alpha value is -1.42. The summed E-state index contributed by atoms with van der Waals surface area (Å²) in [4.78, 5) is 14.5. The smallest absolute Gasteiger partial charge is 0.224 e. The zero-order valence-electron chi connectivity index (χ0n) is 8.10. The quantitative estimate of drug-likeness (QED) is 0.507. The lowest BCUT2D eigenvalue weighted by atomic mass is 10.3. The highest BCUT2D eigenvalue weighted by Crippen LogP contribution is 2.10. The van der Waals surface area contributed by atoms with Crippen LogP contribution in [0.3, 0.4) is 0 Å². The molecular formula is C10H13NO3. The van der Waals surface area contributed by atoms with E-state index >= 15 is 0 Å². The van der Waals surface area contributed by atoms with Gasteiger partial charge in [-0.1, -0.05) is 0 Å². The van der Waals surface area contributed by atoms with Crippen LogP contribution in [0.2, 0.25) is 0 Å². The molecule has 0 atom stereocenters. The zero-order chi connectivity index (χ0) is 10.2. The summed E-state index contributed by atoms with van der Waals surface area (Å²) < 4.78 is 10.4. The van der Waals surface area contributed by atoms with Gasteiger partial charge in [-0.3, -0.25) is 4.79 Å². The van der Waals surface area contributed by atoms with Crippen molar-refractivity contribution in [3.05, 3.63) is 23.9 Å². The standard InChI is InChI=1S/C10H13NO3/c1-2-13-6-7-14-10-9(8-12)4-3-5-11-10/h3-5,8H,2,6-7H2,1H3. The number of rotatable bonds is 6. The van der Waals surface area contributed by atoms with Gasteiger partial charge in [-0.2, -0.15) is 0 Å². The molecule has 0 radical (unpaired) electrons. The molecule has 0 saturated heterocycles. The summed E-state index contributed by atoms with van der Waals surface area (Å²) >= 11 is 0. The molecule has 0 aromatic carbocycles. The molecule has 76 valence electrons. The van der Waals surface area contributed by atoms with E-state index < -0.39 is 0 Å². The van der Waals surface area contributed by atoms with E-state index in [1.165, 1.54) is 0 Å². The Labute approximate surface area is 82.9 Å². The lowest BCUT2D eigenvalue weighted by molar-refractivity contribution is 0.105. The summed E-state index contributed by atoms with van der Waals surface area (Å²) in [5, 5.41) is 0. The van der Waals surface area contributed by atoms with Crippen molar-refractivity contribution in [3.8, 4) is 5.88 Å². The van der Waals surface area contributed by atoms with Crippen LogP contribution in [-0.4, -0.2) is 31.1 Å². The summed E-state index contributed by atoms with van der Waals surface area (Å²) in [6, 6.07) is 3.36. The van der Waals surface area contributed by atoms with E-state index in [-0.39, 0.29) is 0 Å². The Kier molecular flexibility index (Phi) is 4.64. The lowest BCUT2D eigenvalue weighted by Crippen LogP contribution is -2.08. The maximum absolute atomic E-state index is 10.6. The number of hydrogen-bond donors (Lipinski definition) is 0. The summed E-state index contributed by atoms with van der Waals surface area (Å²) in [6.45, 7) is 3.49. The average molecular weight is 195 g/mol. The minimum Gasteiger partial charge on any atom is -0.475 e. The third-order valence-corrected chi connectivity index (χ3v) is 1.60. The Morgan fingerprint density at radius 3 is 3.07 bits per heavy atom. The number of ether oxygens (including phenoxy) is 2. The van der Waals surface area contributed by atoms with Crippen molar-refractivity contribution in [2.75, 3.05) is 19.8 Å². The molecular weight excluding hydrogens is 182 g/mol. The van der Waals surface area contributed by atoms with E-state index in [2.05, 4.69) is 4.98 Å². The molecule has 4 nitrogen and oxygen atoms in total. The minimum absolute atomic E-state index is 0.363. The molecule has 0 amide bonds. The van der Waals surface area contributed by atoms with Crippen LogP contribution in [0.1, 0.15) is 17.3 Å². The Morgan fingerprint density at radius 2 is 2.36 bits per heavy atom. The minimum atomic E-state index is 0.363. The molecule has 4 heteroatoms. The molecule has 0 saturated carbocycles. The van der Waals surface area contributed by atoms with Crippen molar-refractivity contribution in [3.63, 3.8) is 0 Å². The first-order valence-electron chi connectivity index (χ1n) is 4.49. The van der Waals surface area contributed by atoms with Crippen molar-refractivity contribution in [2.24, 2.45) is 0 Å². The van der Waals surface area contributed by atoms with Crippen LogP contribution < -0.4 is 4.74 Å². The summed E-state index contributed by atoms with van der Waals surface area (Å²) in [5.74, 6) is 0.363. The Balaban J connectivity index is 2.45. The highest BCUT2D eigenvalue weighted by atomic mass is 16.5. The molecule has 0 fully saturated rings. The van der Waals surface area contributed by atoms with Crippen molar-refractivity contribution in [1.82, 2.24) is 4.98 Å². The third-order valence-electron chi connectivity index (χ3n) is 1.60. The van der Waals surface area contributed by atoms with Gasteiger partial charge in [0.15, 0.2) is 6.29 Å². The first-order chi connectivity index (χ1) is 6.88. The topological polar surface area (TPSA) is 48.4 Å². The predicted octanol–water partition coefficient (Wildman–Crippen LogP) is 1.31. The van der Waals surface area contributed by atoms with Gasteiger partial charge in [0.05, 0.1) is 12.2 Å². The number of aromatic nitrogens is 1. The van der Waals surface area contributed by atoms with E-state index in [0.29, 0.717) is 31.3 Å². The fourth-order valence-electron chi connectivity index (χ4n) is 0.955. The van der Waals surface area contributed by atoms with E-state index in [4.69, 9.17) is 9.47 Å². The second kappa shape index (κ2) is 6.10. The van der Waals surface area contributed by atoms with E-state index in [9.17, 15) is 4.79 Å². The van der Waals surface area contributed by atoms with Crippen molar-refractivity contribution in [1.29, 1.82) is 0 Å². The monoisotopic (exact) mass is 195 g/mol. The lowest BCUT2D eigenvalue weighted by Gasteiger charge is -2.06. The number of aldehydes is 1. The van der Waals surface area contributed by atoms with Crippen LogP contribution in [0.25, 0.3) is 0 Å². The van der Waals surface area contributed by atoms with Crippen LogP contribution in [0.5, 0.6) is 5.88 Å². The second-order valence-electron chi connectivity index (χ2n) is 2.56. The highest BCUT2D eigenvalue weighted by molar-refractivity contribution is 5.77. The van der Waals surface area contributed by atoms with Gasteiger partial charge in [0, 0.05) is 12.8 Å². The van der Waals surface area contributed by atoms with Gasteiger partial charge in [-0.15, -0.1) is 0 Å². The van der Waals surface area contributed by atoms with Crippen LogP contribution in [0.4, 0.5) is 0 Å². The van der Waals surface area contributed by atoms with Gasteiger partial charge in [0.1, 0.15) is 6.61 Å². The number of nitrogens with zero attached hydrogens (tertiary/aromatic N) is 1. The molecule has 1 aromatic rings. The van der Waals surface area contributed by atoms with E-state index in [0.717, 1.165) is 6.29 Å². The van der Waals surface area contributed by atoms with Crippen molar-refractivity contribution >= 4 is 6.29 Å². The molecule has 1 heterocycles. The molecule has 1 rings (SSSR count). The first-order valence-corrected chi connectivity index (χ1v) is 4.49. The maximum atomic E-state index is 10.6. The summed E-state index contributed by atoms with van der Waals surface area (Å²) in [6.07, 6.45) is 2.31. The largest absolute Gasteiger partial charge is 0.475 e. The van der Waals surface area contributed by atoms with Crippen molar-refractivity contribution in [2.45, 2.75) is 6.92 Å². The van der Waals surface area contributed by atoms with Gasteiger partial charge in [0.25, 0.3) is 0 Å². The SMILES string of the molecule is CCOCCOc1ncccc1C=O. The molecule has 0 aliphatic heterocycles. The van der Waals surface area contributed by atoms with Crippen LogP contribution in [0.15, 0.2) is 18.3 Å². The van der Waals surface area contributed by atoms with E-state index in [1.807, 2.05) is 6.92 Å². The molecule has 0 N–H and O–H groups in total. The number of carbonyl (C=O) groups is 1. The Bertz CT molecular complexity index is 288. The maximum Gasteiger partial charge on any atom is 0.224 e.